The van der Waals surface area contributed by atoms with Crippen LogP contribution in [0.5, 0.6) is 0 Å². The summed E-state index contributed by atoms with van der Waals surface area (Å²) >= 11 is 0. The number of aromatic nitrogens is 2. The number of hydrogen-bond donors (Lipinski definition) is 0. The molecule has 2 aliphatic rings. The van der Waals surface area contributed by atoms with Gasteiger partial charge in [-0.15, -0.1) is 0 Å². The van der Waals surface area contributed by atoms with Crippen LogP contribution in [0.3, 0.4) is 0 Å². The predicted octanol–water partition coefficient (Wildman–Crippen LogP) is 3.28. The molecule has 5 rings (SSSR count). The molecule has 3 heterocycles. The lowest BCUT2D eigenvalue weighted by molar-refractivity contribution is 0.0751. The first-order valence-corrected chi connectivity index (χ1v) is 10.0. The SMILES string of the molecule is O=C(c1cnc(N2CCOCC2)nc1-c1ccccc1F)N1Cc2ccccc2C1. The largest absolute Gasteiger partial charge is 0.378 e. The number of benzene rings is 2. The van der Waals surface area contributed by atoms with Crippen LogP contribution >= 0.6 is 0 Å². The summed E-state index contributed by atoms with van der Waals surface area (Å²) in [7, 11) is 0. The molecule has 0 unspecified atom stereocenters. The van der Waals surface area contributed by atoms with Gasteiger partial charge in [0.1, 0.15) is 5.82 Å². The van der Waals surface area contributed by atoms with Gasteiger partial charge in [0, 0.05) is 37.9 Å². The van der Waals surface area contributed by atoms with E-state index in [9.17, 15) is 9.18 Å². The molecule has 1 fully saturated rings. The number of hydrogen-bond acceptors (Lipinski definition) is 5. The van der Waals surface area contributed by atoms with Crippen molar-refractivity contribution in [2.45, 2.75) is 13.1 Å². The third-order valence-corrected chi connectivity index (χ3v) is 5.56. The van der Waals surface area contributed by atoms with Crippen LogP contribution in [0.15, 0.2) is 54.7 Å². The first kappa shape index (κ1) is 18.7. The quantitative estimate of drug-likeness (QED) is 0.671. The molecule has 0 bridgehead atoms. The summed E-state index contributed by atoms with van der Waals surface area (Å²) in [6.45, 7) is 3.54. The smallest absolute Gasteiger partial charge is 0.258 e. The van der Waals surface area contributed by atoms with Gasteiger partial charge in [-0.1, -0.05) is 36.4 Å². The van der Waals surface area contributed by atoms with Crippen molar-refractivity contribution in [1.82, 2.24) is 14.9 Å². The molecule has 0 radical (unpaired) electrons. The van der Waals surface area contributed by atoms with E-state index in [2.05, 4.69) is 9.97 Å². The van der Waals surface area contributed by atoms with Gasteiger partial charge in [-0.25, -0.2) is 14.4 Å². The second kappa shape index (κ2) is 7.84. The van der Waals surface area contributed by atoms with Gasteiger partial charge in [-0.3, -0.25) is 4.79 Å². The number of nitrogens with zero attached hydrogens (tertiary/aromatic N) is 4. The van der Waals surface area contributed by atoms with Crippen LogP contribution in [0.25, 0.3) is 11.3 Å². The summed E-state index contributed by atoms with van der Waals surface area (Å²) in [5.74, 6) is -0.126. The number of rotatable bonds is 3. The first-order valence-electron chi connectivity index (χ1n) is 10.0. The second-order valence-electron chi connectivity index (χ2n) is 7.44. The van der Waals surface area contributed by atoms with E-state index in [1.165, 1.54) is 12.3 Å². The Kier molecular flexibility index (Phi) is 4.88. The summed E-state index contributed by atoms with van der Waals surface area (Å²) in [6.07, 6.45) is 1.53. The van der Waals surface area contributed by atoms with Crippen molar-refractivity contribution in [1.29, 1.82) is 0 Å². The van der Waals surface area contributed by atoms with Gasteiger partial charge in [0.2, 0.25) is 5.95 Å². The number of carbonyl (C=O) groups excluding carboxylic acids is 1. The van der Waals surface area contributed by atoms with Gasteiger partial charge in [0.25, 0.3) is 5.91 Å². The minimum atomic E-state index is -0.414. The van der Waals surface area contributed by atoms with Crippen molar-refractivity contribution in [2.75, 3.05) is 31.2 Å². The van der Waals surface area contributed by atoms with Crippen LogP contribution in [0.4, 0.5) is 10.3 Å². The molecule has 3 aromatic rings. The molecule has 7 heteroatoms. The van der Waals surface area contributed by atoms with E-state index >= 15 is 0 Å². The van der Waals surface area contributed by atoms with Gasteiger partial charge in [0.05, 0.1) is 24.5 Å². The minimum absolute atomic E-state index is 0.196. The molecule has 1 amide bonds. The molecule has 6 nitrogen and oxygen atoms in total. The Morgan fingerprint density at radius 1 is 0.967 bits per heavy atom. The van der Waals surface area contributed by atoms with E-state index in [1.807, 2.05) is 29.2 Å². The molecule has 2 aromatic carbocycles. The maximum Gasteiger partial charge on any atom is 0.258 e. The summed E-state index contributed by atoms with van der Waals surface area (Å²) in [5.41, 5.74) is 3.19. The number of amides is 1. The lowest BCUT2D eigenvalue weighted by Gasteiger charge is -2.27. The minimum Gasteiger partial charge on any atom is -0.378 e. The van der Waals surface area contributed by atoms with E-state index in [0.29, 0.717) is 62.2 Å². The maximum absolute atomic E-state index is 14.7. The van der Waals surface area contributed by atoms with Crippen molar-refractivity contribution >= 4 is 11.9 Å². The molecular weight excluding hydrogens is 383 g/mol. The second-order valence-corrected chi connectivity index (χ2v) is 7.44. The fraction of sp³-hybridized carbons (Fsp3) is 0.261. The zero-order valence-corrected chi connectivity index (χ0v) is 16.4. The Morgan fingerprint density at radius 2 is 1.63 bits per heavy atom. The highest BCUT2D eigenvalue weighted by Crippen LogP contribution is 2.30. The summed E-state index contributed by atoms with van der Waals surface area (Å²) < 4.78 is 20.1. The van der Waals surface area contributed by atoms with E-state index in [1.54, 1.807) is 23.1 Å². The van der Waals surface area contributed by atoms with Crippen LogP contribution in [-0.4, -0.2) is 47.1 Å². The third kappa shape index (κ3) is 3.41. The molecule has 2 aliphatic heterocycles. The normalized spacial score (nSPS) is 15.9. The predicted molar refractivity (Wildman–Crippen MR) is 110 cm³/mol. The summed E-state index contributed by atoms with van der Waals surface area (Å²) in [4.78, 5) is 26.2. The fourth-order valence-corrected chi connectivity index (χ4v) is 3.95. The summed E-state index contributed by atoms with van der Waals surface area (Å²) in [5, 5.41) is 0. The average molecular weight is 404 g/mol. The molecule has 1 aromatic heterocycles. The third-order valence-electron chi connectivity index (χ3n) is 5.56. The number of ether oxygens (including phenoxy) is 1. The summed E-state index contributed by atoms with van der Waals surface area (Å²) in [6, 6.07) is 14.4. The molecule has 0 N–H and O–H groups in total. The van der Waals surface area contributed by atoms with Crippen LogP contribution in [0, 0.1) is 5.82 Å². The zero-order valence-electron chi connectivity index (χ0n) is 16.4. The van der Waals surface area contributed by atoms with Crippen LogP contribution < -0.4 is 4.90 Å². The molecule has 30 heavy (non-hydrogen) atoms. The fourth-order valence-electron chi connectivity index (χ4n) is 3.95. The Bertz CT molecular complexity index is 1070. The number of anilines is 1. The Labute approximate surface area is 173 Å². The highest BCUT2D eigenvalue weighted by atomic mass is 19.1. The van der Waals surface area contributed by atoms with E-state index in [0.717, 1.165) is 11.1 Å². The highest BCUT2D eigenvalue weighted by molar-refractivity contribution is 6.00. The topological polar surface area (TPSA) is 58.6 Å². The molecule has 152 valence electrons. The number of fused-ring (bicyclic) bond motifs is 1. The van der Waals surface area contributed by atoms with Crippen molar-refractivity contribution in [3.8, 4) is 11.3 Å². The lowest BCUT2D eigenvalue weighted by atomic mass is 10.1. The molecular formula is C23H21FN4O2. The zero-order chi connectivity index (χ0) is 20.5. The molecule has 0 aliphatic carbocycles. The van der Waals surface area contributed by atoms with Crippen molar-refractivity contribution in [3.05, 3.63) is 77.2 Å². The number of carbonyl (C=O) groups is 1. The molecule has 0 spiro atoms. The van der Waals surface area contributed by atoms with Gasteiger partial charge in [-0.2, -0.15) is 0 Å². The Morgan fingerprint density at radius 3 is 2.33 bits per heavy atom. The van der Waals surface area contributed by atoms with Gasteiger partial charge in [-0.05, 0) is 23.3 Å². The van der Waals surface area contributed by atoms with E-state index < -0.39 is 5.82 Å². The van der Waals surface area contributed by atoms with Crippen molar-refractivity contribution in [3.63, 3.8) is 0 Å². The molecule has 1 saturated heterocycles. The van der Waals surface area contributed by atoms with Crippen LogP contribution in [-0.2, 0) is 17.8 Å². The Balaban J connectivity index is 1.54. The average Bonchev–Trinajstić information content (AvgIpc) is 3.24. The first-order chi connectivity index (χ1) is 14.7. The van der Waals surface area contributed by atoms with Gasteiger partial charge < -0.3 is 14.5 Å². The van der Waals surface area contributed by atoms with Crippen molar-refractivity contribution in [2.24, 2.45) is 0 Å². The monoisotopic (exact) mass is 404 g/mol. The lowest BCUT2D eigenvalue weighted by Crippen LogP contribution is -2.37. The van der Waals surface area contributed by atoms with Gasteiger partial charge >= 0.3 is 0 Å². The van der Waals surface area contributed by atoms with Crippen LogP contribution in [0.2, 0.25) is 0 Å². The molecule has 0 saturated carbocycles. The molecule has 0 atom stereocenters. The Hall–Kier alpha value is -3.32. The van der Waals surface area contributed by atoms with E-state index in [4.69, 9.17) is 4.74 Å². The van der Waals surface area contributed by atoms with Gasteiger partial charge in [0.15, 0.2) is 0 Å². The highest BCUT2D eigenvalue weighted by Gasteiger charge is 2.28. The van der Waals surface area contributed by atoms with Crippen LogP contribution in [0.1, 0.15) is 21.5 Å². The standard InChI is InChI=1S/C23H21FN4O2/c24-20-8-4-3-7-18(20)21-19(13-25-23(26-21)27-9-11-30-12-10-27)22(29)28-14-16-5-1-2-6-17(16)15-28/h1-8,13H,9-12,14-15H2. The number of morpholine rings is 1. The van der Waals surface area contributed by atoms with Crippen molar-refractivity contribution < 1.29 is 13.9 Å². The maximum atomic E-state index is 14.7. The number of halogens is 1. The van der Waals surface area contributed by atoms with E-state index in [-0.39, 0.29) is 5.91 Å².